The van der Waals surface area contributed by atoms with E-state index >= 15 is 0 Å². The molecule has 1 aromatic heterocycles. The zero-order valence-electron chi connectivity index (χ0n) is 15.7. The first-order valence-corrected chi connectivity index (χ1v) is 11.0. The molecule has 0 aliphatic carbocycles. The fraction of sp³-hybridized carbons (Fsp3) is 0.250. The van der Waals surface area contributed by atoms with Gasteiger partial charge in [-0.25, -0.2) is 8.42 Å². The number of carbonyl (C=O) groups excluding carboxylic acids is 1. The molecule has 0 saturated heterocycles. The molecule has 3 aromatic rings. The molecule has 1 unspecified atom stereocenters. The lowest BCUT2D eigenvalue weighted by atomic mass is 10.0. The molecule has 7 nitrogen and oxygen atoms in total. The third-order valence-corrected chi connectivity index (χ3v) is 6.35. The van der Waals surface area contributed by atoms with Gasteiger partial charge in [0.1, 0.15) is 0 Å². The van der Waals surface area contributed by atoms with Crippen LogP contribution in [0.3, 0.4) is 0 Å². The first kappa shape index (κ1) is 21.0. The van der Waals surface area contributed by atoms with E-state index in [1.807, 2.05) is 37.3 Å². The van der Waals surface area contributed by atoms with E-state index in [1.165, 1.54) is 24.3 Å². The third kappa shape index (κ3) is 5.65. The minimum Gasteiger partial charge on any atom is -0.347 e. The quantitative estimate of drug-likeness (QED) is 0.584. The Kier molecular flexibility index (Phi) is 6.66. The number of carbonyl (C=O) groups is 1. The van der Waals surface area contributed by atoms with E-state index in [2.05, 4.69) is 15.5 Å². The monoisotopic (exact) mass is 433 g/mol. The topological polar surface area (TPSA) is 102 Å². The van der Waals surface area contributed by atoms with Gasteiger partial charge in [0.2, 0.25) is 0 Å². The van der Waals surface area contributed by atoms with E-state index < -0.39 is 15.7 Å². The fourth-order valence-corrected chi connectivity index (χ4v) is 4.02. The standard InChI is InChI=1S/C20H20ClN3O4S/c1-14(15-5-3-2-4-6-15)13-22-19(25)20-23-18(24-28-20)11-12-29(26,27)17-9-7-16(21)8-10-17/h2-10,14H,11-13H2,1H3,(H,22,25). The number of hydrogen-bond donors (Lipinski definition) is 1. The van der Waals surface area contributed by atoms with Crippen molar-refractivity contribution in [1.29, 1.82) is 0 Å². The Morgan fingerprint density at radius 3 is 2.52 bits per heavy atom. The van der Waals surface area contributed by atoms with E-state index in [1.54, 1.807) is 0 Å². The molecule has 1 amide bonds. The molecule has 0 radical (unpaired) electrons. The molecule has 152 valence electrons. The molecule has 29 heavy (non-hydrogen) atoms. The van der Waals surface area contributed by atoms with Crippen LogP contribution in [0.1, 0.15) is 34.9 Å². The predicted octanol–water partition coefficient (Wildman–Crippen LogP) is 3.27. The van der Waals surface area contributed by atoms with Crippen LogP contribution < -0.4 is 5.32 Å². The van der Waals surface area contributed by atoms with Crippen LogP contribution in [0.5, 0.6) is 0 Å². The Morgan fingerprint density at radius 1 is 1.14 bits per heavy atom. The number of amides is 1. The first-order valence-electron chi connectivity index (χ1n) is 8.99. The largest absolute Gasteiger partial charge is 0.347 e. The van der Waals surface area contributed by atoms with Crippen molar-refractivity contribution in [1.82, 2.24) is 15.5 Å². The molecule has 0 aliphatic heterocycles. The molecule has 2 aromatic carbocycles. The highest BCUT2D eigenvalue weighted by Crippen LogP contribution is 2.16. The molecule has 1 N–H and O–H groups in total. The van der Waals surface area contributed by atoms with Crippen molar-refractivity contribution in [3.8, 4) is 0 Å². The second kappa shape index (κ2) is 9.19. The van der Waals surface area contributed by atoms with Crippen molar-refractivity contribution in [2.75, 3.05) is 12.3 Å². The summed E-state index contributed by atoms with van der Waals surface area (Å²) in [5, 5.41) is 6.91. The second-order valence-corrected chi connectivity index (χ2v) is 9.11. The molecule has 1 atom stereocenters. The van der Waals surface area contributed by atoms with E-state index in [9.17, 15) is 13.2 Å². The van der Waals surface area contributed by atoms with E-state index in [0.717, 1.165) is 5.56 Å². The lowest BCUT2D eigenvalue weighted by molar-refractivity contribution is 0.0907. The van der Waals surface area contributed by atoms with Crippen LogP contribution in [0.15, 0.2) is 64.0 Å². The summed E-state index contributed by atoms with van der Waals surface area (Å²) >= 11 is 5.78. The van der Waals surface area contributed by atoms with Crippen LogP contribution in [0.2, 0.25) is 5.02 Å². The van der Waals surface area contributed by atoms with Gasteiger partial charge in [0, 0.05) is 18.0 Å². The highest BCUT2D eigenvalue weighted by molar-refractivity contribution is 7.91. The maximum absolute atomic E-state index is 12.4. The average Bonchev–Trinajstić information content (AvgIpc) is 3.20. The Morgan fingerprint density at radius 2 is 1.83 bits per heavy atom. The molecule has 0 saturated carbocycles. The summed E-state index contributed by atoms with van der Waals surface area (Å²) in [6.07, 6.45) is 0.0299. The number of aromatic nitrogens is 2. The van der Waals surface area contributed by atoms with Crippen LogP contribution in [0.4, 0.5) is 0 Å². The predicted molar refractivity (Wildman–Crippen MR) is 109 cm³/mol. The number of hydrogen-bond acceptors (Lipinski definition) is 6. The number of aryl methyl sites for hydroxylation is 1. The maximum Gasteiger partial charge on any atom is 0.315 e. The van der Waals surface area contributed by atoms with Crippen molar-refractivity contribution in [3.63, 3.8) is 0 Å². The highest BCUT2D eigenvalue weighted by Gasteiger charge is 2.19. The lowest BCUT2D eigenvalue weighted by Gasteiger charge is -2.11. The minimum atomic E-state index is -3.52. The van der Waals surface area contributed by atoms with E-state index in [0.29, 0.717) is 11.6 Å². The molecule has 0 aliphatic rings. The molecule has 0 spiro atoms. The molecular formula is C20H20ClN3O4S. The summed E-state index contributed by atoms with van der Waals surface area (Å²) in [5.74, 6) is -0.618. The van der Waals surface area contributed by atoms with Gasteiger partial charge in [0.15, 0.2) is 15.7 Å². The summed E-state index contributed by atoms with van der Waals surface area (Å²) in [6.45, 7) is 2.40. The molecule has 0 bridgehead atoms. The number of benzene rings is 2. The minimum absolute atomic E-state index is 0.0299. The zero-order valence-corrected chi connectivity index (χ0v) is 17.3. The molecule has 0 fully saturated rings. The summed E-state index contributed by atoms with van der Waals surface area (Å²) < 4.78 is 29.7. The second-order valence-electron chi connectivity index (χ2n) is 6.56. The van der Waals surface area contributed by atoms with Gasteiger partial charge in [-0.1, -0.05) is 54.0 Å². The third-order valence-electron chi connectivity index (χ3n) is 4.37. The van der Waals surface area contributed by atoms with Gasteiger partial charge in [0.05, 0.1) is 10.6 Å². The van der Waals surface area contributed by atoms with Gasteiger partial charge in [-0.05, 0) is 35.7 Å². The Hall–Kier alpha value is -2.71. The number of nitrogens with one attached hydrogen (secondary N) is 1. The van der Waals surface area contributed by atoms with Gasteiger partial charge in [0.25, 0.3) is 0 Å². The van der Waals surface area contributed by atoms with E-state index in [-0.39, 0.29) is 34.7 Å². The SMILES string of the molecule is CC(CNC(=O)c1nc(CCS(=O)(=O)c2ccc(Cl)cc2)no1)c1ccccc1. The van der Waals surface area contributed by atoms with Crippen LogP contribution >= 0.6 is 11.6 Å². The maximum atomic E-state index is 12.4. The smallest absolute Gasteiger partial charge is 0.315 e. The number of sulfone groups is 1. The molecule has 9 heteroatoms. The zero-order chi connectivity index (χ0) is 20.9. The lowest BCUT2D eigenvalue weighted by Crippen LogP contribution is -2.27. The van der Waals surface area contributed by atoms with Crippen molar-refractivity contribution in [2.24, 2.45) is 0 Å². The van der Waals surface area contributed by atoms with Crippen molar-refractivity contribution >= 4 is 27.3 Å². The van der Waals surface area contributed by atoms with Gasteiger partial charge in [-0.3, -0.25) is 4.79 Å². The normalized spacial score (nSPS) is 12.5. The fourth-order valence-electron chi connectivity index (χ4n) is 2.65. The van der Waals surface area contributed by atoms with E-state index in [4.69, 9.17) is 16.1 Å². The van der Waals surface area contributed by atoms with Gasteiger partial charge in [-0.2, -0.15) is 4.98 Å². The number of rotatable bonds is 8. The first-order chi connectivity index (χ1) is 13.8. The van der Waals surface area contributed by atoms with Crippen LogP contribution in [0.25, 0.3) is 0 Å². The summed E-state index contributed by atoms with van der Waals surface area (Å²) in [6, 6.07) is 15.7. The van der Waals surface area contributed by atoms with Crippen molar-refractivity contribution in [2.45, 2.75) is 24.2 Å². The Balaban J connectivity index is 1.54. The van der Waals surface area contributed by atoms with Gasteiger partial charge < -0.3 is 9.84 Å². The van der Waals surface area contributed by atoms with Gasteiger partial charge in [-0.15, -0.1) is 0 Å². The average molecular weight is 434 g/mol. The Labute approximate surface area is 174 Å². The van der Waals surface area contributed by atoms with Gasteiger partial charge >= 0.3 is 11.8 Å². The van der Waals surface area contributed by atoms with Crippen molar-refractivity contribution in [3.05, 3.63) is 76.9 Å². The van der Waals surface area contributed by atoms with Crippen molar-refractivity contribution < 1.29 is 17.7 Å². The number of nitrogens with zero attached hydrogens (tertiary/aromatic N) is 2. The molecule has 1 heterocycles. The van der Waals surface area contributed by atoms with Crippen LogP contribution in [-0.4, -0.2) is 36.8 Å². The molecular weight excluding hydrogens is 414 g/mol. The summed E-state index contributed by atoms with van der Waals surface area (Å²) in [4.78, 5) is 16.4. The van der Waals surface area contributed by atoms with Crippen LogP contribution in [-0.2, 0) is 16.3 Å². The van der Waals surface area contributed by atoms with Crippen LogP contribution in [0, 0.1) is 0 Å². The Bertz CT molecular complexity index is 1070. The number of halogens is 1. The summed E-state index contributed by atoms with van der Waals surface area (Å²) in [5.41, 5.74) is 1.10. The highest BCUT2D eigenvalue weighted by atomic mass is 35.5. The summed E-state index contributed by atoms with van der Waals surface area (Å²) in [7, 11) is -3.52. The molecule has 3 rings (SSSR count).